The number of rotatable bonds is 1. The molecule has 0 aliphatic carbocycles. The van der Waals surface area contributed by atoms with Gasteiger partial charge in [-0.2, -0.15) is 0 Å². The highest BCUT2D eigenvalue weighted by Gasteiger charge is 2.05. The highest BCUT2D eigenvalue weighted by molar-refractivity contribution is 6.32. The lowest BCUT2D eigenvalue weighted by Crippen LogP contribution is -2.14. The monoisotopic (exact) mass is 173 g/mol. The molecule has 0 amide bonds. The molecule has 0 radical (unpaired) electrons. The summed E-state index contributed by atoms with van der Waals surface area (Å²) in [7, 11) is 0. The van der Waals surface area contributed by atoms with Crippen LogP contribution in [-0.4, -0.2) is 16.3 Å². The molecule has 5 nitrogen and oxygen atoms in total. The van der Waals surface area contributed by atoms with Crippen LogP contribution in [0.4, 0.5) is 5.95 Å². The second-order valence-electron chi connectivity index (χ2n) is 1.77. The molecule has 0 bridgehead atoms. The van der Waals surface area contributed by atoms with Crippen LogP contribution in [0.1, 0.15) is 10.5 Å². The molecule has 0 aliphatic heterocycles. The molecule has 0 fully saturated rings. The van der Waals surface area contributed by atoms with Gasteiger partial charge in [-0.1, -0.05) is 11.6 Å². The van der Waals surface area contributed by atoms with Gasteiger partial charge in [0.1, 0.15) is 10.7 Å². The first-order valence-electron chi connectivity index (χ1n) is 2.65. The van der Waals surface area contributed by atoms with Crippen LogP contribution >= 0.6 is 11.6 Å². The summed E-state index contributed by atoms with van der Waals surface area (Å²) in [4.78, 5) is 26.5. The summed E-state index contributed by atoms with van der Waals surface area (Å²) < 4.78 is 0. The molecule has 1 rings (SSSR count). The van der Waals surface area contributed by atoms with Crippen molar-refractivity contribution < 1.29 is 4.79 Å². The number of nitrogens with two attached hydrogens (primary N) is 1. The Hall–Kier alpha value is -1.36. The molecule has 0 aromatic carbocycles. The average molecular weight is 174 g/mol. The third-order valence-corrected chi connectivity index (χ3v) is 1.38. The van der Waals surface area contributed by atoms with E-state index in [-0.39, 0.29) is 16.7 Å². The van der Waals surface area contributed by atoms with Gasteiger partial charge in [0.15, 0.2) is 6.29 Å². The minimum atomic E-state index is -0.610. The minimum absolute atomic E-state index is 0.124. The lowest BCUT2D eigenvalue weighted by Gasteiger charge is -1.94. The van der Waals surface area contributed by atoms with E-state index in [1.165, 1.54) is 0 Å². The second kappa shape index (κ2) is 2.71. The van der Waals surface area contributed by atoms with Crippen LogP contribution in [0.5, 0.6) is 0 Å². The molecule has 0 spiro atoms. The van der Waals surface area contributed by atoms with Crippen LogP contribution in [0.3, 0.4) is 0 Å². The number of carbonyl (C=O) groups excluding carboxylic acids is 1. The molecule has 0 atom stereocenters. The van der Waals surface area contributed by atoms with Crippen molar-refractivity contribution in [2.24, 2.45) is 0 Å². The fourth-order valence-corrected chi connectivity index (χ4v) is 0.706. The summed E-state index contributed by atoms with van der Waals surface area (Å²) in [5.74, 6) is -0.124. The summed E-state index contributed by atoms with van der Waals surface area (Å²) >= 11 is 5.37. The van der Waals surface area contributed by atoms with Crippen molar-refractivity contribution in [2.45, 2.75) is 0 Å². The van der Waals surface area contributed by atoms with E-state index in [1.54, 1.807) is 0 Å². The smallest absolute Gasteiger partial charge is 0.271 e. The van der Waals surface area contributed by atoms with Crippen LogP contribution in [0.25, 0.3) is 0 Å². The summed E-state index contributed by atoms with van der Waals surface area (Å²) in [6.07, 6.45) is 0.369. The number of hydrogen-bond donors (Lipinski definition) is 2. The first kappa shape index (κ1) is 7.74. The normalized spacial score (nSPS) is 9.55. The molecule has 1 heterocycles. The number of halogens is 1. The third kappa shape index (κ3) is 1.38. The number of carbonyl (C=O) groups is 1. The van der Waals surface area contributed by atoms with Gasteiger partial charge in [0.2, 0.25) is 5.95 Å². The number of anilines is 1. The lowest BCUT2D eigenvalue weighted by molar-refractivity contribution is 0.111. The zero-order chi connectivity index (χ0) is 8.43. The van der Waals surface area contributed by atoms with Crippen molar-refractivity contribution in [3.05, 3.63) is 21.1 Å². The van der Waals surface area contributed by atoms with Gasteiger partial charge in [-0.05, 0) is 0 Å². The molecular formula is C5H4ClN3O2. The average Bonchev–Trinajstić information content (AvgIpc) is 1.96. The zero-order valence-electron chi connectivity index (χ0n) is 5.30. The van der Waals surface area contributed by atoms with E-state index in [2.05, 4.69) is 9.97 Å². The zero-order valence-corrected chi connectivity index (χ0v) is 6.05. The van der Waals surface area contributed by atoms with E-state index in [0.29, 0.717) is 6.29 Å². The Balaban J connectivity index is 3.48. The molecule has 0 unspecified atom stereocenters. The number of hydrogen-bond acceptors (Lipinski definition) is 4. The molecule has 0 aliphatic rings. The fraction of sp³-hybridized carbons (Fsp3) is 0. The maximum atomic E-state index is 10.8. The van der Waals surface area contributed by atoms with Gasteiger partial charge in [-0.25, -0.2) is 4.98 Å². The predicted octanol–water partition coefficient (Wildman–Crippen LogP) is -0.182. The Morgan fingerprint density at radius 1 is 1.64 bits per heavy atom. The van der Waals surface area contributed by atoms with Crippen LogP contribution in [0.2, 0.25) is 5.02 Å². The van der Waals surface area contributed by atoms with Crippen molar-refractivity contribution in [2.75, 3.05) is 5.73 Å². The van der Waals surface area contributed by atoms with Crippen molar-refractivity contribution in [1.29, 1.82) is 0 Å². The highest BCUT2D eigenvalue weighted by atomic mass is 35.5. The van der Waals surface area contributed by atoms with Crippen LogP contribution in [-0.2, 0) is 0 Å². The van der Waals surface area contributed by atoms with Gasteiger partial charge in [0.25, 0.3) is 5.56 Å². The number of nitrogen functional groups attached to an aromatic ring is 1. The Bertz CT molecular complexity index is 346. The van der Waals surface area contributed by atoms with Crippen LogP contribution in [0, 0.1) is 0 Å². The second-order valence-corrected chi connectivity index (χ2v) is 2.15. The topological polar surface area (TPSA) is 88.8 Å². The highest BCUT2D eigenvalue weighted by Crippen LogP contribution is 2.04. The first-order valence-corrected chi connectivity index (χ1v) is 3.03. The SMILES string of the molecule is Nc1nc(C=O)c(Cl)c(=O)[nH]1. The molecule has 58 valence electrons. The summed E-state index contributed by atoms with van der Waals surface area (Å²) in [6.45, 7) is 0. The quantitative estimate of drug-likeness (QED) is 0.577. The molecule has 0 saturated carbocycles. The Labute approximate surface area is 66.2 Å². The Morgan fingerprint density at radius 2 is 2.27 bits per heavy atom. The fourth-order valence-electron chi connectivity index (χ4n) is 0.572. The number of H-pyrrole nitrogens is 1. The number of nitrogens with zero attached hydrogens (tertiary/aromatic N) is 1. The largest absolute Gasteiger partial charge is 0.369 e. The van der Waals surface area contributed by atoms with Gasteiger partial charge in [0.05, 0.1) is 0 Å². The van der Waals surface area contributed by atoms with E-state index >= 15 is 0 Å². The van der Waals surface area contributed by atoms with Crippen molar-refractivity contribution >= 4 is 23.8 Å². The standard InChI is InChI=1S/C5H4ClN3O2/c6-3-2(1-10)8-5(7)9-4(3)11/h1H,(H3,7,8,9,11). The molecule has 1 aromatic rings. The Morgan fingerprint density at radius 3 is 2.82 bits per heavy atom. The summed E-state index contributed by atoms with van der Waals surface area (Å²) in [5, 5.41) is -0.241. The maximum absolute atomic E-state index is 10.8. The maximum Gasteiger partial charge on any atom is 0.271 e. The van der Waals surface area contributed by atoms with Crippen LogP contribution < -0.4 is 11.3 Å². The van der Waals surface area contributed by atoms with E-state index in [1.807, 2.05) is 0 Å². The molecule has 3 N–H and O–H groups in total. The van der Waals surface area contributed by atoms with Gasteiger partial charge >= 0.3 is 0 Å². The molecule has 0 saturated heterocycles. The number of aldehydes is 1. The first-order chi connectivity index (χ1) is 5.15. The van der Waals surface area contributed by atoms with Crippen LogP contribution in [0.15, 0.2) is 4.79 Å². The Kier molecular flexibility index (Phi) is 1.91. The number of aromatic nitrogens is 2. The van der Waals surface area contributed by atoms with Crippen molar-refractivity contribution in [1.82, 2.24) is 9.97 Å². The van der Waals surface area contributed by atoms with Crippen molar-refractivity contribution in [3.8, 4) is 0 Å². The molecule has 11 heavy (non-hydrogen) atoms. The van der Waals surface area contributed by atoms with E-state index in [0.717, 1.165) is 0 Å². The van der Waals surface area contributed by atoms with Gasteiger partial charge in [-0.15, -0.1) is 0 Å². The van der Waals surface area contributed by atoms with E-state index in [9.17, 15) is 9.59 Å². The number of aromatic amines is 1. The summed E-state index contributed by atoms with van der Waals surface area (Å²) in [5.41, 5.74) is 4.36. The molecule has 1 aromatic heterocycles. The van der Waals surface area contributed by atoms with Crippen molar-refractivity contribution in [3.63, 3.8) is 0 Å². The molecule has 6 heteroatoms. The van der Waals surface area contributed by atoms with Gasteiger partial charge < -0.3 is 5.73 Å². The third-order valence-electron chi connectivity index (χ3n) is 1.02. The van der Waals surface area contributed by atoms with E-state index < -0.39 is 5.56 Å². The van der Waals surface area contributed by atoms with Gasteiger partial charge in [0, 0.05) is 0 Å². The minimum Gasteiger partial charge on any atom is -0.369 e. The number of nitrogens with one attached hydrogen (secondary N) is 1. The van der Waals surface area contributed by atoms with Gasteiger partial charge in [-0.3, -0.25) is 14.6 Å². The predicted molar refractivity (Wildman–Crippen MR) is 39.7 cm³/mol. The van der Waals surface area contributed by atoms with E-state index in [4.69, 9.17) is 17.3 Å². The molecular weight excluding hydrogens is 170 g/mol. The summed E-state index contributed by atoms with van der Waals surface area (Å²) in [6, 6.07) is 0. The lowest BCUT2D eigenvalue weighted by atomic mass is 10.4.